The average molecular weight is 236 g/mol. The lowest BCUT2D eigenvalue weighted by Crippen LogP contribution is -2.24. The lowest BCUT2D eigenvalue weighted by atomic mass is 9.95. The van der Waals surface area contributed by atoms with Crippen molar-refractivity contribution in [2.45, 2.75) is 45.5 Å². The minimum absolute atomic E-state index is 0.0959. The normalized spacial score (nSPS) is 28.6. The summed E-state index contributed by atoms with van der Waals surface area (Å²) in [7, 11) is 0. The van der Waals surface area contributed by atoms with Gasteiger partial charge in [0.1, 0.15) is 6.10 Å². The van der Waals surface area contributed by atoms with Gasteiger partial charge in [-0.15, -0.1) is 0 Å². The van der Waals surface area contributed by atoms with E-state index in [0.29, 0.717) is 6.42 Å². The van der Waals surface area contributed by atoms with Crippen molar-refractivity contribution < 1.29 is 14.9 Å². The zero-order chi connectivity index (χ0) is 12.6. The van der Waals surface area contributed by atoms with Crippen molar-refractivity contribution in [3.63, 3.8) is 0 Å². The van der Waals surface area contributed by atoms with Gasteiger partial charge in [0.15, 0.2) is 0 Å². The fourth-order valence-electron chi connectivity index (χ4n) is 2.42. The van der Waals surface area contributed by atoms with E-state index in [2.05, 4.69) is 32.9 Å². The van der Waals surface area contributed by atoms with Gasteiger partial charge in [0.25, 0.3) is 0 Å². The van der Waals surface area contributed by atoms with Crippen molar-refractivity contribution in [1.29, 1.82) is 0 Å². The molecular weight excluding hydrogens is 216 g/mol. The number of rotatable bonds is 2. The number of ether oxygens (including phenoxy) is 1. The van der Waals surface area contributed by atoms with Gasteiger partial charge in [-0.25, -0.2) is 0 Å². The quantitative estimate of drug-likeness (QED) is 0.823. The van der Waals surface area contributed by atoms with Crippen LogP contribution in [0.1, 0.15) is 34.8 Å². The third kappa shape index (κ3) is 2.37. The molecule has 2 N–H and O–H groups in total. The van der Waals surface area contributed by atoms with Gasteiger partial charge in [-0.2, -0.15) is 0 Å². The molecule has 0 spiro atoms. The molecule has 0 amide bonds. The monoisotopic (exact) mass is 236 g/mol. The number of aliphatic hydroxyl groups is 2. The fourth-order valence-corrected chi connectivity index (χ4v) is 2.42. The van der Waals surface area contributed by atoms with Gasteiger partial charge in [-0.05, 0) is 43.0 Å². The molecule has 17 heavy (non-hydrogen) atoms. The third-order valence-electron chi connectivity index (χ3n) is 3.63. The van der Waals surface area contributed by atoms with Gasteiger partial charge in [-0.3, -0.25) is 0 Å². The first-order valence-electron chi connectivity index (χ1n) is 6.05. The summed E-state index contributed by atoms with van der Waals surface area (Å²) in [5.74, 6) is 0. The molecule has 3 heteroatoms. The second kappa shape index (κ2) is 4.77. The molecule has 0 unspecified atom stereocenters. The molecule has 1 saturated heterocycles. The lowest BCUT2D eigenvalue weighted by Gasteiger charge is -2.16. The Labute approximate surface area is 102 Å². The molecule has 1 aliphatic heterocycles. The summed E-state index contributed by atoms with van der Waals surface area (Å²) < 4.78 is 5.68. The molecule has 3 atom stereocenters. The molecule has 94 valence electrons. The molecule has 2 rings (SSSR count). The van der Waals surface area contributed by atoms with Crippen LogP contribution in [-0.2, 0) is 4.74 Å². The molecule has 0 radical (unpaired) electrons. The van der Waals surface area contributed by atoms with Crippen LogP contribution in [0.25, 0.3) is 0 Å². The van der Waals surface area contributed by atoms with Crippen molar-refractivity contribution in [1.82, 2.24) is 0 Å². The molecule has 1 aromatic carbocycles. The van der Waals surface area contributed by atoms with Crippen LogP contribution in [-0.4, -0.2) is 29.0 Å². The van der Waals surface area contributed by atoms with Crippen LogP contribution in [0, 0.1) is 20.8 Å². The van der Waals surface area contributed by atoms with E-state index in [1.807, 2.05) is 0 Å². The Kier molecular flexibility index (Phi) is 3.52. The van der Waals surface area contributed by atoms with E-state index in [0.717, 1.165) is 5.56 Å². The maximum Gasteiger partial charge on any atom is 0.107 e. The topological polar surface area (TPSA) is 49.7 Å². The molecule has 1 aromatic rings. The Morgan fingerprint density at radius 2 is 1.82 bits per heavy atom. The number of hydrogen-bond acceptors (Lipinski definition) is 3. The zero-order valence-corrected chi connectivity index (χ0v) is 10.6. The largest absolute Gasteiger partial charge is 0.394 e. The van der Waals surface area contributed by atoms with Crippen molar-refractivity contribution in [3.05, 3.63) is 34.4 Å². The number of hydrogen-bond donors (Lipinski definition) is 2. The predicted octanol–water partition coefficient (Wildman–Crippen LogP) is 1.80. The Balaban J connectivity index is 2.27. The highest BCUT2D eigenvalue weighted by molar-refractivity contribution is 5.38. The Morgan fingerprint density at radius 1 is 1.18 bits per heavy atom. The van der Waals surface area contributed by atoms with Gasteiger partial charge in [0.05, 0.1) is 18.8 Å². The fraction of sp³-hybridized carbons (Fsp3) is 0.571. The number of aliphatic hydroxyl groups excluding tert-OH is 2. The first-order valence-corrected chi connectivity index (χ1v) is 6.05. The van der Waals surface area contributed by atoms with Gasteiger partial charge in [-0.1, -0.05) is 12.1 Å². The highest BCUT2D eigenvalue weighted by atomic mass is 16.5. The number of benzene rings is 1. The van der Waals surface area contributed by atoms with Crippen LogP contribution < -0.4 is 0 Å². The SMILES string of the molecule is Cc1cc(C)c([C@H]2C[C@H](O)[C@@H](CO)O2)cc1C. The molecular formula is C14H20O3. The maximum absolute atomic E-state index is 9.75. The summed E-state index contributed by atoms with van der Waals surface area (Å²) in [5.41, 5.74) is 4.81. The van der Waals surface area contributed by atoms with Crippen molar-refractivity contribution in [3.8, 4) is 0 Å². The Hall–Kier alpha value is -0.900. The van der Waals surface area contributed by atoms with Crippen LogP contribution in [0.2, 0.25) is 0 Å². The van der Waals surface area contributed by atoms with Crippen molar-refractivity contribution >= 4 is 0 Å². The standard InChI is InChI=1S/C14H20O3/c1-8-4-10(3)11(5-9(8)2)13-6-12(16)14(7-15)17-13/h4-5,12-16H,6-7H2,1-3H3/t12-,13+,14+/m0/s1. The van der Waals surface area contributed by atoms with E-state index in [1.165, 1.54) is 16.7 Å². The van der Waals surface area contributed by atoms with E-state index in [1.54, 1.807) is 0 Å². The maximum atomic E-state index is 9.75. The minimum atomic E-state index is -0.564. The molecule has 1 heterocycles. The molecule has 0 aliphatic carbocycles. The van der Waals surface area contributed by atoms with Crippen molar-refractivity contribution in [2.75, 3.05) is 6.61 Å². The molecule has 0 bridgehead atoms. The van der Waals surface area contributed by atoms with Gasteiger partial charge in [0.2, 0.25) is 0 Å². The van der Waals surface area contributed by atoms with Crippen LogP contribution in [0.4, 0.5) is 0 Å². The second-order valence-electron chi connectivity index (χ2n) is 4.94. The lowest BCUT2D eigenvalue weighted by molar-refractivity contribution is -0.0227. The first-order chi connectivity index (χ1) is 8.02. The van der Waals surface area contributed by atoms with Gasteiger partial charge < -0.3 is 14.9 Å². The van der Waals surface area contributed by atoms with Gasteiger partial charge >= 0.3 is 0 Å². The summed E-state index contributed by atoms with van der Waals surface area (Å²) in [4.78, 5) is 0. The highest BCUT2D eigenvalue weighted by Crippen LogP contribution is 2.35. The smallest absolute Gasteiger partial charge is 0.107 e. The highest BCUT2D eigenvalue weighted by Gasteiger charge is 2.34. The summed E-state index contributed by atoms with van der Waals surface area (Å²) in [5, 5.41) is 18.8. The predicted molar refractivity (Wildman–Crippen MR) is 66.0 cm³/mol. The zero-order valence-electron chi connectivity index (χ0n) is 10.6. The van der Waals surface area contributed by atoms with E-state index in [-0.39, 0.29) is 12.7 Å². The molecule has 0 saturated carbocycles. The summed E-state index contributed by atoms with van der Waals surface area (Å²) in [6.45, 7) is 6.10. The minimum Gasteiger partial charge on any atom is -0.394 e. The second-order valence-corrected chi connectivity index (χ2v) is 4.94. The Morgan fingerprint density at radius 3 is 2.41 bits per heavy atom. The van der Waals surface area contributed by atoms with E-state index in [9.17, 15) is 5.11 Å². The van der Waals surface area contributed by atoms with E-state index in [4.69, 9.17) is 9.84 Å². The van der Waals surface area contributed by atoms with Crippen LogP contribution in [0.5, 0.6) is 0 Å². The average Bonchev–Trinajstić information content (AvgIpc) is 2.65. The van der Waals surface area contributed by atoms with Gasteiger partial charge in [0, 0.05) is 6.42 Å². The Bertz CT molecular complexity index is 414. The summed E-state index contributed by atoms with van der Waals surface area (Å²) in [6, 6.07) is 4.27. The van der Waals surface area contributed by atoms with E-state index >= 15 is 0 Å². The first kappa shape index (κ1) is 12.6. The molecule has 1 aliphatic rings. The third-order valence-corrected chi connectivity index (χ3v) is 3.63. The molecule has 1 fully saturated rings. The van der Waals surface area contributed by atoms with Crippen LogP contribution in [0.15, 0.2) is 12.1 Å². The van der Waals surface area contributed by atoms with E-state index < -0.39 is 12.2 Å². The summed E-state index contributed by atoms with van der Waals surface area (Å²) in [6.07, 6.45) is -0.539. The molecule has 3 nitrogen and oxygen atoms in total. The van der Waals surface area contributed by atoms with Crippen molar-refractivity contribution in [2.24, 2.45) is 0 Å². The van der Waals surface area contributed by atoms with Crippen LogP contribution in [0.3, 0.4) is 0 Å². The number of aryl methyl sites for hydroxylation is 3. The van der Waals surface area contributed by atoms with Crippen LogP contribution >= 0.6 is 0 Å². The molecule has 0 aromatic heterocycles. The summed E-state index contributed by atoms with van der Waals surface area (Å²) >= 11 is 0.